The Hall–Kier alpha value is -3.49. The molecule has 2 aromatic rings. The Balaban J connectivity index is 1.85. The lowest BCUT2D eigenvalue weighted by Crippen LogP contribution is -2.16. The Morgan fingerprint density at radius 1 is 1.29 bits per heavy atom. The minimum absolute atomic E-state index is 0.00832. The molecule has 1 amide bonds. The minimum Gasteiger partial charge on any atom is -0.464 e. The number of amides is 1. The van der Waals surface area contributed by atoms with Crippen molar-refractivity contribution >= 4 is 23.3 Å². The van der Waals surface area contributed by atoms with Gasteiger partial charge < -0.3 is 15.8 Å². The Bertz CT molecular complexity index is 888. The summed E-state index contributed by atoms with van der Waals surface area (Å²) in [6.07, 6.45) is 0.00832. The van der Waals surface area contributed by atoms with Crippen LogP contribution in [0.25, 0.3) is 0 Å². The van der Waals surface area contributed by atoms with E-state index in [1.54, 1.807) is 25.1 Å². The molecule has 0 fully saturated rings. The molecule has 148 valence electrons. The molecule has 2 rings (SSSR count). The van der Waals surface area contributed by atoms with Gasteiger partial charge in [0.15, 0.2) is 0 Å². The lowest BCUT2D eigenvalue weighted by Gasteiger charge is -2.13. The van der Waals surface area contributed by atoms with Crippen LogP contribution in [0.4, 0.5) is 15.8 Å². The molecule has 0 heterocycles. The van der Waals surface area contributed by atoms with Crippen molar-refractivity contribution in [2.24, 2.45) is 5.73 Å². The van der Waals surface area contributed by atoms with E-state index in [2.05, 4.69) is 5.32 Å². The summed E-state index contributed by atoms with van der Waals surface area (Å²) < 4.78 is 18.8. The molecule has 8 nitrogen and oxygen atoms in total. The summed E-state index contributed by atoms with van der Waals surface area (Å²) in [6, 6.07) is 10.0. The molecular formula is C19H20FN3O5. The Morgan fingerprint density at radius 3 is 2.64 bits per heavy atom. The number of nitrogens with one attached hydrogen (secondary N) is 1. The van der Waals surface area contributed by atoms with Crippen molar-refractivity contribution < 1.29 is 23.6 Å². The minimum atomic E-state index is -0.771. The van der Waals surface area contributed by atoms with Crippen molar-refractivity contribution in [2.75, 3.05) is 18.5 Å². The summed E-state index contributed by atoms with van der Waals surface area (Å²) >= 11 is 0. The molecule has 9 heteroatoms. The van der Waals surface area contributed by atoms with E-state index >= 15 is 0 Å². The second kappa shape index (κ2) is 9.45. The van der Waals surface area contributed by atoms with E-state index in [0.29, 0.717) is 5.56 Å². The number of anilines is 1. The third-order valence-electron chi connectivity index (χ3n) is 4.07. The predicted octanol–water partition coefficient (Wildman–Crippen LogP) is 2.98. The van der Waals surface area contributed by atoms with Gasteiger partial charge in [0.25, 0.3) is 5.69 Å². The number of rotatable bonds is 9. The van der Waals surface area contributed by atoms with Crippen LogP contribution in [0, 0.1) is 15.9 Å². The highest BCUT2D eigenvalue weighted by atomic mass is 19.1. The van der Waals surface area contributed by atoms with E-state index in [9.17, 15) is 24.1 Å². The fourth-order valence-corrected chi connectivity index (χ4v) is 2.63. The van der Waals surface area contributed by atoms with Crippen molar-refractivity contribution in [1.82, 2.24) is 0 Å². The van der Waals surface area contributed by atoms with E-state index in [1.807, 2.05) is 0 Å². The van der Waals surface area contributed by atoms with Crippen LogP contribution >= 0.6 is 0 Å². The summed E-state index contributed by atoms with van der Waals surface area (Å²) in [4.78, 5) is 33.5. The van der Waals surface area contributed by atoms with Crippen LogP contribution in [-0.4, -0.2) is 30.0 Å². The molecule has 1 atom stereocenters. The zero-order valence-corrected chi connectivity index (χ0v) is 15.2. The second-order valence-electron chi connectivity index (χ2n) is 6.13. The molecule has 0 saturated carbocycles. The van der Waals surface area contributed by atoms with Crippen LogP contribution in [0.5, 0.6) is 0 Å². The molecule has 0 aliphatic heterocycles. The summed E-state index contributed by atoms with van der Waals surface area (Å²) in [6.45, 7) is 1.82. The highest BCUT2D eigenvalue weighted by molar-refractivity contribution is 5.94. The SMILES string of the molecule is CC(CC(=O)OCCNc1ccc(C(N)=O)cc1[N+](=O)[O-])c1ccccc1F. The lowest BCUT2D eigenvalue weighted by molar-refractivity contribution is -0.384. The molecule has 2 aromatic carbocycles. The van der Waals surface area contributed by atoms with E-state index in [0.717, 1.165) is 6.07 Å². The fourth-order valence-electron chi connectivity index (χ4n) is 2.63. The Morgan fingerprint density at radius 2 is 2.00 bits per heavy atom. The first-order chi connectivity index (χ1) is 13.3. The van der Waals surface area contributed by atoms with E-state index in [4.69, 9.17) is 10.5 Å². The quantitative estimate of drug-likeness (QED) is 0.294. The number of primary amides is 1. The van der Waals surface area contributed by atoms with Crippen LogP contribution in [0.2, 0.25) is 0 Å². The maximum atomic E-state index is 13.7. The molecule has 0 spiro atoms. The van der Waals surface area contributed by atoms with Crippen molar-refractivity contribution in [3.05, 3.63) is 69.5 Å². The number of benzene rings is 2. The number of nitro benzene ring substituents is 1. The van der Waals surface area contributed by atoms with Gasteiger partial charge in [0, 0.05) is 18.2 Å². The van der Waals surface area contributed by atoms with Crippen LogP contribution in [0.1, 0.15) is 35.2 Å². The summed E-state index contributed by atoms with van der Waals surface area (Å²) in [5.41, 5.74) is 5.43. The van der Waals surface area contributed by atoms with Crippen molar-refractivity contribution in [3.8, 4) is 0 Å². The van der Waals surface area contributed by atoms with Gasteiger partial charge in [0.05, 0.1) is 11.3 Å². The maximum absolute atomic E-state index is 13.7. The van der Waals surface area contributed by atoms with E-state index in [1.165, 1.54) is 18.2 Å². The van der Waals surface area contributed by atoms with Gasteiger partial charge in [-0.05, 0) is 29.7 Å². The van der Waals surface area contributed by atoms with Gasteiger partial charge in [0.2, 0.25) is 5.91 Å². The predicted molar refractivity (Wildman–Crippen MR) is 100 cm³/mol. The second-order valence-corrected chi connectivity index (χ2v) is 6.13. The molecule has 1 unspecified atom stereocenters. The first-order valence-electron chi connectivity index (χ1n) is 8.51. The van der Waals surface area contributed by atoms with Crippen molar-refractivity contribution in [3.63, 3.8) is 0 Å². The summed E-state index contributed by atoms with van der Waals surface area (Å²) in [5.74, 6) is -2.00. The molecule has 0 radical (unpaired) electrons. The maximum Gasteiger partial charge on any atom is 0.306 e. The summed E-state index contributed by atoms with van der Waals surface area (Å²) in [7, 11) is 0. The molecule has 28 heavy (non-hydrogen) atoms. The Kier molecular flexibility index (Phi) is 7.02. The van der Waals surface area contributed by atoms with Crippen LogP contribution < -0.4 is 11.1 Å². The van der Waals surface area contributed by atoms with E-state index in [-0.39, 0.29) is 48.2 Å². The van der Waals surface area contributed by atoms with Crippen molar-refractivity contribution in [1.29, 1.82) is 0 Å². The van der Waals surface area contributed by atoms with Gasteiger partial charge in [-0.2, -0.15) is 0 Å². The molecule has 0 aliphatic carbocycles. The number of halogens is 1. The van der Waals surface area contributed by atoms with Crippen LogP contribution in [0.15, 0.2) is 42.5 Å². The standard InChI is InChI=1S/C19H20FN3O5/c1-12(14-4-2-3-5-15(14)20)10-18(24)28-9-8-22-16-7-6-13(19(21)25)11-17(16)23(26)27/h2-7,11-12,22H,8-10H2,1H3,(H2,21,25). The average Bonchev–Trinajstić information content (AvgIpc) is 2.65. The highest BCUT2D eigenvalue weighted by Gasteiger charge is 2.17. The molecule has 0 bridgehead atoms. The number of hydrogen-bond donors (Lipinski definition) is 2. The van der Waals surface area contributed by atoms with Crippen LogP contribution in [-0.2, 0) is 9.53 Å². The van der Waals surface area contributed by atoms with Gasteiger partial charge in [-0.15, -0.1) is 0 Å². The monoisotopic (exact) mass is 389 g/mol. The van der Waals surface area contributed by atoms with Crippen molar-refractivity contribution in [2.45, 2.75) is 19.3 Å². The lowest BCUT2D eigenvalue weighted by atomic mass is 9.97. The molecule has 0 aliphatic rings. The first-order valence-corrected chi connectivity index (χ1v) is 8.51. The number of carbonyl (C=O) groups excluding carboxylic acids is 2. The van der Waals surface area contributed by atoms with Gasteiger partial charge in [0.1, 0.15) is 18.1 Å². The molecule has 0 saturated heterocycles. The smallest absolute Gasteiger partial charge is 0.306 e. The number of hydrogen-bond acceptors (Lipinski definition) is 6. The summed E-state index contributed by atoms with van der Waals surface area (Å²) in [5, 5.41) is 13.9. The third kappa shape index (κ3) is 5.50. The van der Waals surface area contributed by atoms with E-state index < -0.39 is 16.8 Å². The third-order valence-corrected chi connectivity index (χ3v) is 4.07. The van der Waals surface area contributed by atoms with Gasteiger partial charge in [-0.3, -0.25) is 19.7 Å². The van der Waals surface area contributed by atoms with Crippen LogP contribution in [0.3, 0.4) is 0 Å². The number of nitrogens with zero attached hydrogens (tertiary/aromatic N) is 1. The zero-order valence-electron chi connectivity index (χ0n) is 15.2. The fraction of sp³-hybridized carbons (Fsp3) is 0.263. The molecular weight excluding hydrogens is 369 g/mol. The van der Waals surface area contributed by atoms with Gasteiger partial charge in [-0.25, -0.2) is 4.39 Å². The average molecular weight is 389 g/mol. The van der Waals surface area contributed by atoms with Gasteiger partial charge >= 0.3 is 5.97 Å². The number of nitro groups is 1. The number of nitrogens with two attached hydrogens (primary N) is 1. The largest absolute Gasteiger partial charge is 0.464 e. The highest BCUT2D eigenvalue weighted by Crippen LogP contribution is 2.25. The normalized spacial score (nSPS) is 11.5. The molecule has 3 N–H and O–H groups in total. The molecule has 0 aromatic heterocycles. The topological polar surface area (TPSA) is 125 Å². The first kappa shape index (κ1) is 20.8. The number of carbonyl (C=O) groups is 2. The Labute approximate surface area is 160 Å². The van der Waals surface area contributed by atoms with Gasteiger partial charge in [-0.1, -0.05) is 25.1 Å². The number of esters is 1. The number of ether oxygens (including phenoxy) is 1. The zero-order chi connectivity index (χ0) is 20.7.